The van der Waals surface area contributed by atoms with E-state index in [0.29, 0.717) is 10.6 Å². The van der Waals surface area contributed by atoms with Gasteiger partial charge in [-0.2, -0.15) is 0 Å². The molecule has 12 nitrogen and oxygen atoms in total. The Kier molecular flexibility index (Phi) is 10.8. The van der Waals surface area contributed by atoms with Crippen molar-refractivity contribution in [3.8, 4) is 0 Å². The normalized spacial score (nSPS) is 11.8. The zero-order valence-electron chi connectivity index (χ0n) is 20.4. The maximum atomic E-state index is 12.6. The second-order valence-corrected chi connectivity index (χ2v) is 8.08. The van der Waals surface area contributed by atoms with Gasteiger partial charge in [0.1, 0.15) is 25.2 Å². The first-order valence-electron chi connectivity index (χ1n) is 11.3. The molecule has 37 heavy (non-hydrogen) atoms. The van der Waals surface area contributed by atoms with Gasteiger partial charge in [0.05, 0.1) is 0 Å². The fraction of sp³-hybridized carbons (Fsp3) is 0.280. The lowest BCUT2D eigenvalue weighted by Crippen LogP contribution is -2.58. The van der Waals surface area contributed by atoms with Gasteiger partial charge in [-0.05, 0) is 25.0 Å². The zero-order chi connectivity index (χ0) is 27.4. The van der Waals surface area contributed by atoms with E-state index >= 15 is 0 Å². The number of Topliss-reactive ketones (excluding diaryl/α,β-unsaturated/α-hetero) is 1. The predicted molar refractivity (Wildman–Crippen MR) is 131 cm³/mol. The van der Waals surface area contributed by atoms with Crippen LogP contribution in [0.2, 0.25) is 0 Å². The van der Waals surface area contributed by atoms with E-state index in [0.717, 1.165) is 5.56 Å². The Hall–Kier alpha value is -4.74. The molecule has 0 saturated carbocycles. The van der Waals surface area contributed by atoms with E-state index in [-0.39, 0.29) is 13.0 Å². The predicted octanol–water partition coefficient (Wildman–Crippen LogP) is -0.0371. The molecule has 0 aromatic heterocycles. The molecular formula is C25H29N5O7. The Bertz CT molecular complexity index is 1120. The first kappa shape index (κ1) is 28.5. The van der Waals surface area contributed by atoms with Crippen LogP contribution in [0.15, 0.2) is 60.7 Å². The van der Waals surface area contributed by atoms with E-state index in [9.17, 15) is 28.8 Å². The average Bonchev–Trinajstić information content (AvgIpc) is 2.87. The highest BCUT2D eigenvalue weighted by molar-refractivity contribution is 6.36. The van der Waals surface area contributed by atoms with E-state index in [1.807, 2.05) is 6.07 Å². The molecule has 0 saturated heterocycles. The lowest BCUT2D eigenvalue weighted by atomic mass is 10.1. The number of hydrogen-bond donors (Lipinski definition) is 4. The third kappa shape index (κ3) is 9.80. The summed E-state index contributed by atoms with van der Waals surface area (Å²) in [7, 11) is 0. The number of nitrogens with one attached hydrogen (secondary N) is 3. The van der Waals surface area contributed by atoms with Crippen molar-refractivity contribution in [2.24, 2.45) is 5.73 Å². The smallest absolute Gasteiger partial charge is 0.408 e. The molecule has 196 valence electrons. The maximum absolute atomic E-state index is 12.6. The molecule has 2 aromatic carbocycles. The van der Waals surface area contributed by atoms with Gasteiger partial charge in [-0.3, -0.25) is 29.4 Å². The Morgan fingerprint density at radius 3 is 1.92 bits per heavy atom. The van der Waals surface area contributed by atoms with Crippen LogP contribution in [0.4, 0.5) is 4.79 Å². The third-order valence-corrected chi connectivity index (χ3v) is 4.94. The van der Waals surface area contributed by atoms with Crippen LogP contribution in [0.25, 0.3) is 0 Å². The second kappa shape index (κ2) is 14.0. The Morgan fingerprint density at radius 1 is 0.811 bits per heavy atom. The topological polar surface area (TPSA) is 177 Å². The molecule has 0 bridgehead atoms. The minimum Gasteiger partial charge on any atom is -0.445 e. The summed E-state index contributed by atoms with van der Waals surface area (Å²) in [5.41, 5.74) is 8.61. The molecular weight excluding hydrogens is 482 g/mol. The van der Waals surface area contributed by atoms with Crippen LogP contribution in [-0.2, 0) is 41.7 Å². The number of amides is 5. The molecule has 5 N–H and O–H groups in total. The second-order valence-electron chi connectivity index (χ2n) is 8.08. The van der Waals surface area contributed by atoms with Gasteiger partial charge < -0.3 is 21.1 Å². The summed E-state index contributed by atoms with van der Waals surface area (Å²) in [6, 6.07) is 15.1. The van der Waals surface area contributed by atoms with Crippen molar-refractivity contribution in [2.45, 2.75) is 39.0 Å². The third-order valence-electron chi connectivity index (χ3n) is 4.94. The van der Waals surface area contributed by atoms with Gasteiger partial charge in [-0.1, -0.05) is 60.7 Å². The number of rotatable bonds is 11. The van der Waals surface area contributed by atoms with Crippen LogP contribution in [0.3, 0.4) is 0 Å². The molecule has 0 radical (unpaired) electrons. The van der Waals surface area contributed by atoms with Crippen LogP contribution in [0.5, 0.6) is 0 Å². The first-order chi connectivity index (χ1) is 17.6. The molecule has 0 aliphatic heterocycles. The highest BCUT2D eigenvalue weighted by Gasteiger charge is 2.28. The van der Waals surface area contributed by atoms with Crippen molar-refractivity contribution in [3.05, 3.63) is 71.8 Å². The molecule has 2 atom stereocenters. The number of carbonyl (C=O) groups excluding carboxylic acids is 6. The molecule has 0 aliphatic carbocycles. The van der Waals surface area contributed by atoms with E-state index in [1.165, 1.54) is 13.8 Å². The number of carbonyl (C=O) groups is 6. The van der Waals surface area contributed by atoms with E-state index in [4.69, 9.17) is 10.5 Å². The number of alkyl carbamates (subject to hydrolysis) is 1. The molecule has 0 aliphatic rings. The standard InChI is InChI=1S/C25H29N5O7/c1-16(28-25(36)37-15-19-11-7-4-8-12-19)22(33)27-17(2)23(34)29-30(14-21(26)32)24(35)20(31)13-18-9-5-3-6-10-18/h3-12,16-17H,13-15H2,1-2H3,(H2,26,32)(H,27,33)(H,28,36)(H,29,34)/t16-,17-/m0/s1. The van der Waals surface area contributed by atoms with Crippen molar-refractivity contribution in [1.82, 2.24) is 21.1 Å². The van der Waals surface area contributed by atoms with Crippen molar-refractivity contribution in [1.29, 1.82) is 0 Å². The van der Waals surface area contributed by atoms with Gasteiger partial charge in [-0.25, -0.2) is 9.80 Å². The molecule has 0 spiro atoms. The van der Waals surface area contributed by atoms with Gasteiger partial charge >= 0.3 is 12.0 Å². The minimum absolute atomic E-state index is 0.00649. The SMILES string of the molecule is C[C@H](NC(=O)OCc1ccccc1)C(=O)N[C@@H](C)C(=O)NN(CC(N)=O)C(=O)C(=O)Cc1ccccc1. The highest BCUT2D eigenvalue weighted by atomic mass is 16.5. The lowest BCUT2D eigenvalue weighted by molar-refractivity contribution is -0.151. The van der Waals surface area contributed by atoms with Gasteiger partial charge in [0.2, 0.25) is 17.6 Å². The fourth-order valence-electron chi connectivity index (χ4n) is 2.97. The van der Waals surface area contributed by atoms with Gasteiger partial charge in [0.15, 0.2) is 0 Å². The maximum Gasteiger partial charge on any atom is 0.408 e. The van der Waals surface area contributed by atoms with Crippen molar-refractivity contribution >= 4 is 35.5 Å². The summed E-state index contributed by atoms with van der Waals surface area (Å²) < 4.78 is 5.05. The van der Waals surface area contributed by atoms with Crippen LogP contribution < -0.4 is 21.8 Å². The van der Waals surface area contributed by atoms with Crippen molar-refractivity contribution in [2.75, 3.05) is 6.54 Å². The number of ether oxygens (including phenoxy) is 1. The summed E-state index contributed by atoms with van der Waals surface area (Å²) in [6.07, 6.45) is -1.08. The van der Waals surface area contributed by atoms with Crippen LogP contribution in [0.1, 0.15) is 25.0 Å². The largest absolute Gasteiger partial charge is 0.445 e. The number of benzene rings is 2. The van der Waals surface area contributed by atoms with E-state index in [2.05, 4.69) is 16.1 Å². The molecule has 5 amide bonds. The first-order valence-corrected chi connectivity index (χ1v) is 11.3. The average molecular weight is 512 g/mol. The Labute approximate surface area is 213 Å². The summed E-state index contributed by atoms with van der Waals surface area (Å²) >= 11 is 0. The Morgan fingerprint density at radius 2 is 1.35 bits per heavy atom. The van der Waals surface area contributed by atoms with Crippen molar-refractivity contribution < 1.29 is 33.5 Å². The number of hydrogen-bond acceptors (Lipinski definition) is 7. The van der Waals surface area contributed by atoms with Crippen LogP contribution >= 0.6 is 0 Å². The molecule has 0 fully saturated rings. The van der Waals surface area contributed by atoms with E-state index < -0.39 is 54.1 Å². The zero-order valence-corrected chi connectivity index (χ0v) is 20.4. The number of nitrogens with zero attached hydrogens (tertiary/aromatic N) is 1. The van der Waals surface area contributed by atoms with Crippen LogP contribution in [-0.4, -0.2) is 59.1 Å². The fourth-order valence-corrected chi connectivity index (χ4v) is 2.97. The number of primary amides is 1. The number of ketones is 1. The molecule has 0 heterocycles. The molecule has 2 aromatic rings. The van der Waals surface area contributed by atoms with Crippen molar-refractivity contribution in [3.63, 3.8) is 0 Å². The lowest BCUT2D eigenvalue weighted by Gasteiger charge is -2.24. The monoisotopic (exact) mass is 511 g/mol. The highest BCUT2D eigenvalue weighted by Crippen LogP contribution is 2.03. The quantitative estimate of drug-likeness (QED) is 0.242. The van der Waals surface area contributed by atoms with Gasteiger partial charge in [0.25, 0.3) is 5.91 Å². The van der Waals surface area contributed by atoms with Gasteiger partial charge in [-0.15, -0.1) is 0 Å². The molecule has 0 unspecified atom stereocenters. The minimum atomic E-state index is -1.20. The number of hydrazine groups is 1. The van der Waals surface area contributed by atoms with Crippen LogP contribution in [0, 0.1) is 0 Å². The van der Waals surface area contributed by atoms with E-state index in [1.54, 1.807) is 54.6 Å². The summed E-state index contributed by atoms with van der Waals surface area (Å²) in [6.45, 7) is 1.95. The molecule has 2 rings (SSSR count). The summed E-state index contributed by atoms with van der Waals surface area (Å²) in [4.78, 5) is 73.3. The molecule has 12 heteroatoms. The van der Waals surface area contributed by atoms with Gasteiger partial charge in [0, 0.05) is 6.42 Å². The Balaban J connectivity index is 1.88. The summed E-state index contributed by atoms with van der Waals surface area (Å²) in [5.74, 6) is -4.60. The number of nitrogens with two attached hydrogens (primary N) is 1. The summed E-state index contributed by atoms with van der Waals surface area (Å²) in [5, 5.41) is 5.21.